The minimum atomic E-state index is -4.19. The molecule has 0 fully saturated rings. The summed E-state index contributed by atoms with van der Waals surface area (Å²) in [5.74, 6) is -0.738. The van der Waals surface area contributed by atoms with Crippen LogP contribution in [0, 0.1) is 19.8 Å². The highest BCUT2D eigenvalue weighted by molar-refractivity contribution is 7.92. The van der Waals surface area contributed by atoms with Gasteiger partial charge in [-0.15, -0.1) is 0 Å². The lowest BCUT2D eigenvalue weighted by molar-refractivity contribution is -0.140. The molecule has 0 aliphatic rings. The van der Waals surface area contributed by atoms with Gasteiger partial charge in [-0.2, -0.15) is 0 Å². The van der Waals surface area contributed by atoms with Gasteiger partial charge in [0.1, 0.15) is 12.6 Å². The molecule has 0 heterocycles. The smallest absolute Gasteiger partial charge is 0.264 e. The first kappa shape index (κ1) is 35.0. The summed E-state index contributed by atoms with van der Waals surface area (Å²) in [6.45, 7) is 7.45. The molecule has 0 aliphatic heterocycles. The van der Waals surface area contributed by atoms with E-state index in [0.29, 0.717) is 33.4 Å². The van der Waals surface area contributed by atoms with Gasteiger partial charge in [-0.05, 0) is 66.8 Å². The molecular formula is C36H39Cl2N3O4S. The van der Waals surface area contributed by atoms with Gasteiger partial charge in [-0.1, -0.05) is 109 Å². The molecule has 1 N–H and O–H groups in total. The first-order valence-corrected chi connectivity index (χ1v) is 17.3. The van der Waals surface area contributed by atoms with Crippen molar-refractivity contribution in [3.05, 3.63) is 129 Å². The molecule has 1 atom stereocenters. The third-order valence-electron chi connectivity index (χ3n) is 7.58. The summed E-state index contributed by atoms with van der Waals surface area (Å²) in [5, 5.41) is 3.74. The summed E-state index contributed by atoms with van der Waals surface area (Å²) in [6, 6.07) is 26.9. The number of nitrogens with one attached hydrogen (secondary N) is 1. The van der Waals surface area contributed by atoms with Crippen molar-refractivity contribution in [2.45, 2.75) is 51.6 Å². The van der Waals surface area contributed by atoms with Crippen LogP contribution in [0.3, 0.4) is 0 Å². The first-order chi connectivity index (χ1) is 21.9. The van der Waals surface area contributed by atoms with E-state index in [0.717, 1.165) is 15.4 Å². The molecule has 4 rings (SSSR count). The lowest BCUT2D eigenvalue weighted by Crippen LogP contribution is -2.53. The number of amides is 2. The summed E-state index contributed by atoms with van der Waals surface area (Å²) in [5.41, 5.74) is 3.35. The van der Waals surface area contributed by atoms with Crippen molar-refractivity contribution >= 4 is 50.7 Å². The largest absolute Gasteiger partial charge is 0.354 e. The Morgan fingerprint density at radius 3 is 2.13 bits per heavy atom. The Morgan fingerprint density at radius 1 is 0.848 bits per heavy atom. The van der Waals surface area contributed by atoms with Gasteiger partial charge in [-0.25, -0.2) is 8.42 Å². The molecule has 0 saturated heterocycles. The number of aryl methyl sites for hydroxylation is 2. The molecule has 0 aromatic heterocycles. The highest BCUT2D eigenvalue weighted by atomic mass is 35.5. The van der Waals surface area contributed by atoms with Crippen LogP contribution in [-0.4, -0.2) is 44.3 Å². The second-order valence-corrected chi connectivity index (χ2v) is 14.4. The maximum Gasteiger partial charge on any atom is 0.264 e. The number of halogens is 2. The van der Waals surface area contributed by atoms with Gasteiger partial charge in [-0.3, -0.25) is 13.9 Å². The Kier molecular flexibility index (Phi) is 11.9. The molecule has 10 heteroatoms. The second kappa shape index (κ2) is 15.6. The average molecular weight is 681 g/mol. The number of nitrogens with zero attached hydrogens (tertiary/aromatic N) is 2. The number of rotatable bonds is 13. The van der Waals surface area contributed by atoms with E-state index in [9.17, 15) is 18.0 Å². The van der Waals surface area contributed by atoms with Crippen LogP contribution < -0.4 is 9.62 Å². The van der Waals surface area contributed by atoms with Crippen molar-refractivity contribution in [1.29, 1.82) is 0 Å². The van der Waals surface area contributed by atoms with E-state index >= 15 is 0 Å². The molecule has 0 bridgehead atoms. The van der Waals surface area contributed by atoms with Crippen molar-refractivity contribution in [3.63, 3.8) is 0 Å². The van der Waals surface area contributed by atoms with E-state index in [2.05, 4.69) is 5.32 Å². The molecule has 0 aliphatic carbocycles. The standard InChI is InChI=1S/C36H39Cl2N3O4S/c1-25(2)22-39-36(43)34(20-28-11-6-5-7-12-28)40(23-29-16-17-30(37)21-32(29)38)35(42)24-41(33-13-9-8-10-27(33)4)46(44,45)31-18-14-26(3)15-19-31/h5-19,21,25,34H,20,22-24H2,1-4H3,(H,39,43)/t34-/m0/s1. The van der Waals surface area contributed by atoms with Gasteiger partial charge >= 0.3 is 0 Å². The molecule has 46 heavy (non-hydrogen) atoms. The number of carbonyl (C=O) groups excluding carboxylic acids is 2. The molecule has 4 aromatic rings. The van der Waals surface area contributed by atoms with E-state index < -0.39 is 28.5 Å². The zero-order valence-electron chi connectivity index (χ0n) is 26.4. The van der Waals surface area contributed by atoms with Gasteiger partial charge < -0.3 is 10.2 Å². The highest BCUT2D eigenvalue weighted by Crippen LogP contribution is 2.29. The number of anilines is 1. The summed E-state index contributed by atoms with van der Waals surface area (Å²) in [6.07, 6.45) is 0.205. The Bertz CT molecular complexity index is 1760. The number of para-hydroxylation sites is 1. The second-order valence-electron chi connectivity index (χ2n) is 11.7. The summed E-state index contributed by atoms with van der Waals surface area (Å²) >= 11 is 12.8. The predicted octanol–water partition coefficient (Wildman–Crippen LogP) is 7.22. The fourth-order valence-electron chi connectivity index (χ4n) is 5.00. The third kappa shape index (κ3) is 8.90. The van der Waals surface area contributed by atoms with Crippen LogP contribution >= 0.6 is 23.2 Å². The fourth-order valence-corrected chi connectivity index (χ4v) is 6.95. The first-order valence-electron chi connectivity index (χ1n) is 15.1. The maximum atomic E-state index is 14.6. The quantitative estimate of drug-likeness (QED) is 0.162. The minimum absolute atomic E-state index is 0.0480. The van der Waals surface area contributed by atoms with Crippen LogP contribution in [0.2, 0.25) is 10.0 Å². The Balaban J connectivity index is 1.83. The SMILES string of the molecule is Cc1ccc(S(=O)(=O)N(CC(=O)N(Cc2ccc(Cl)cc2Cl)[C@@H](Cc2ccccc2)C(=O)NCC(C)C)c2ccccc2C)cc1. The normalized spacial score (nSPS) is 12.1. The summed E-state index contributed by atoms with van der Waals surface area (Å²) in [7, 11) is -4.19. The molecular weight excluding hydrogens is 641 g/mol. The number of carbonyl (C=O) groups is 2. The molecule has 4 aromatic carbocycles. The van der Waals surface area contributed by atoms with Crippen LogP contribution in [0.1, 0.15) is 36.1 Å². The molecule has 0 unspecified atom stereocenters. The average Bonchev–Trinajstić information content (AvgIpc) is 3.02. The number of hydrogen-bond donors (Lipinski definition) is 1. The molecule has 0 radical (unpaired) electrons. The minimum Gasteiger partial charge on any atom is -0.354 e. The molecule has 7 nitrogen and oxygen atoms in total. The van der Waals surface area contributed by atoms with Crippen LogP contribution in [0.4, 0.5) is 5.69 Å². The van der Waals surface area contributed by atoms with Gasteiger partial charge in [0.2, 0.25) is 11.8 Å². The Labute approximate surface area is 282 Å². The van der Waals surface area contributed by atoms with Gasteiger partial charge in [0.05, 0.1) is 10.6 Å². The van der Waals surface area contributed by atoms with Crippen molar-refractivity contribution < 1.29 is 18.0 Å². The van der Waals surface area contributed by atoms with Crippen molar-refractivity contribution in [1.82, 2.24) is 10.2 Å². The lowest BCUT2D eigenvalue weighted by Gasteiger charge is -2.34. The van der Waals surface area contributed by atoms with Crippen LogP contribution in [0.5, 0.6) is 0 Å². The van der Waals surface area contributed by atoms with Crippen molar-refractivity contribution in [2.24, 2.45) is 5.92 Å². The fraction of sp³-hybridized carbons (Fsp3) is 0.278. The summed E-state index contributed by atoms with van der Waals surface area (Å²) in [4.78, 5) is 30.0. The van der Waals surface area contributed by atoms with Crippen molar-refractivity contribution in [3.8, 4) is 0 Å². The number of sulfonamides is 1. The highest BCUT2D eigenvalue weighted by Gasteiger charge is 2.35. The van der Waals surface area contributed by atoms with E-state index in [4.69, 9.17) is 23.2 Å². The Hall–Kier alpha value is -3.85. The molecule has 242 valence electrons. The van der Waals surface area contributed by atoms with Gasteiger partial charge in [0.25, 0.3) is 10.0 Å². The Morgan fingerprint density at radius 2 is 1.50 bits per heavy atom. The van der Waals surface area contributed by atoms with Gasteiger partial charge in [0.15, 0.2) is 0 Å². The zero-order chi connectivity index (χ0) is 33.4. The van der Waals surface area contributed by atoms with Crippen LogP contribution in [0.25, 0.3) is 0 Å². The van der Waals surface area contributed by atoms with E-state index in [1.807, 2.05) is 51.1 Å². The molecule has 2 amide bonds. The number of benzene rings is 4. The van der Waals surface area contributed by atoms with Gasteiger partial charge in [0, 0.05) is 29.6 Å². The number of hydrogen-bond acceptors (Lipinski definition) is 4. The van der Waals surface area contributed by atoms with Crippen LogP contribution in [0.15, 0.2) is 102 Å². The summed E-state index contributed by atoms with van der Waals surface area (Å²) < 4.78 is 29.6. The van der Waals surface area contributed by atoms with Crippen molar-refractivity contribution in [2.75, 3.05) is 17.4 Å². The molecule has 0 spiro atoms. The van der Waals surface area contributed by atoms with E-state index in [1.54, 1.807) is 61.5 Å². The monoisotopic (exact) mass is 679 g/mol. The maximum absolute atomic E-state index is 14.6. The third-order valence-corrected chi connectivity index (χ3v) is 9.94. The zero-order valence-corrected chi connectivity index (χ0v) is 28.7. The predicted molar refractivity (Wildman–Crippen MR) is 186 cm³/mol. The molecule has 0 saturated carbocycles. The topological polar surface area (TPSA) is 86.8 Å². The van der Waals surface area contributed by atoms with E-state index in [1.165, 1.54) is 17.0 Å². The van der Waals surface area contributed by atoms with Crippen LogP contribution in [-0.2, 0) is 32.6 Å². The lowest BCUT2D eigenvalue weighted by atomic mass is 10.0. The van der Waals surface area contributed by atoms with E-state index in [-0.39, 0.29) is 29.7 Å².